The Bertz CT molecular complexity index is 489. The van der Waals surface area contributed by atoms with E-state index in [0.717, 1.165) is 29.7 Å². The molecule has 0 aliphatic carbocycles. The van der Waals surface area contributed by atoms with Crippen molar-refractivity contribution in [3.05, 3.63) is 39.7 Å². The minimum Gasteiger partial charge on any atom is -0.337 e. The van der Waals surface area contributed by atoms with Crippen molar-refractivity contribution in [1.29, 1.82) is 0 Å². The molecule has 1 aliphatic heterocycles. The van der Waals surface area contributed by atoms with Gasteiger partial charge >= 0.3 is 0 Å². The normalized spacial score (nSPS) is 15.5. The molecule has 7 heteroatoms. The highest BCUT2D eigenvalue weighted by Crippen LogP contribution is 2.20. The van der Waals surface area contributed by atoms with Gasteiger partial charge in [0.1, 0.15) is 5.82 Å². The van der Waals surface area contributed by atoms with Crippen LogP contribution in [0.2, 0.25) is 0 Å². The maximum atomic E-state index is 13.6. The molecule has 1 heterocycles. The Hall–Kier alpha value is -1.63. The second kappa shape index (κ2) is 5.34. The number of carbonyl (C=O) groups is 1. The van der Waals surface area contributed by atoms with Gasteiger partial charge in [-0.25, -0.2) is 4.39 Å². The molecular weight excluding hydrogens is 259 g/mol. The summed E-state index contributed by atoms with van der Waals surface area (Å²) in [6.07, 6.45) is 0. The van der Waals surface area contributed by atoms with Crippen LogP contribution in [0.4, 0.5) is 10.1 Å². The third-order valence-electron chi connectivity index (χ3n) is 2.69. The Morgan fingerprint density at radius 2 is 2.06 bits per heavy atom. The Morgan fingerprint density at radius 3 is 2.67 bits per heavy atom. The zero-order chi connectivity index (χ0) is 13.1. The molecule has 0 atom stereocenters. The van der Waals surface area contributed by atoms with Crippen LogP contribution in [0.1, 0.15) is 10.4 Å². The molecule has 0 radical (unpaired) electrons. The fourth-order valence-electron chi connectivity index (χ4n) is 1.73. The van der Waals surface area contributed by atoms with Crippen molar-refractivity contribution < 1.29 is 14.1 Å². The van der Waals surface area contributed by atoms with E-state index < -0.39 is 16.6 Å². The third kappa shape index (κ3) is 2.61. The van der Waals surface area contributed by atoms with Crippen molar-refractivity contribution in [3.8, 4) is 0 Å². The van der Waals surface area contributed by atoms with Crippen LogP contribution in [0.5, 0.6) is 0 Å². The first kappa shape index (κ1) is 12.8. The lowest BCUT2D eigenvalue weighted by Crippen LogP contribution is -2.38. The molecule has 0 N–H and O–H groups in total. The van der Waals surface area contributed by atoms with E-state index in [0.29, 0.717) is 13.1 Å². The van der Waals surface area contributed by atoms with E-state index in [2.05, 4.69) is 0 Å². The fourth-order valence-corrected chi connectivity index (χ4v) is 2.63. The van der Waals surface area contributed by atoms with E-state index in [1.165, 1.54) is 4.90 Å². The lowest BCUT2D eigenvalue weighted by molar-refractivity contribution is -0.384. The SMILES string of the molecule is O=C(c1cc([N+](=O)[O-])ccc1F)N1CCSCC1. The minimum absolute atomic E-state index is 0.226. The quantitative estimate of drug-likeness (QED) is 0.608. The van der Waals surface area contributed by atoms with Crippen LogP contribution in [0.3, 0.4) is 0 Å². The molecule has 0 bridgehead atoms. The van der Waals surface area contributed by atoms with E-state index in [-0.39, 0.29) is 11.3 Å². The number of benzene rings is 1. The van der Waals surface area contributed by atoms with Crippen molar-refractivity contribution in [2.24, 2.45) is 0 Å². The lowest BCUT2D eigenvalue weighted by atomic mass is 10.1. The molecule has 0 unspecified atom stereocenters. The van der Waals surface area contributed by atoms with Gasteiger partial charge < -0.3 is 4.90 Å². The highest BCUT2D eigenvalue weighted by molar-refractivity contribution is 7.99. The highest BCUT2D eigenvalue weighted by atomic mass is 32.2. The molecule has 1 aromatic carbocycles. The first-order chi connectivity index (χ1) is 8.59. The predicted molar refractivity (Wildman–Crippen MR) is 66.3 cm³/mol. The summed E-state index contributed by atoms with van der Waals surface area (Å²) in [5.74, 6) is 0.422. The van der Waals surface area contributed by atoms with Gasteiger partial charge in [-0.05, 0) is 6.07 Å². The first-order valence-electron chi connectivity index (χ1n) is 5.40. The van der Waals surface area contributed by atoms with E-state index in [1.807, 2.05) is 0 Å². The van der Waals surface area contributed by atoms with Crippen molar-refractivity contribution in [2.45, 2.75) is 0 Å². The van der Waals surface area contributed by atoms with Gasteiger partial charge in [0.05, 0.1) is 10.5 Å². The number of halogens is 1. The second-order valence-electron chi connectivity index (χ2n) is 3.83. The molecular formula is C11H11FN2O3S. The van der Waals surface area contributed by atoms with Crippen molar-refractivity contribution >= 4 is 23.4 Å². The Balaban J connectivity index is 2.28. The summed E-state index contributed by atoms with van der Waals surface area (Å²) in [5.41, 5.74) is -0.498. The molecule has 0 saturated carbocycles. The van der Waals surface area contributed by atoms with Gasteiger partial charge in [-0.15, -0.1) is 0 Å². The number of non-ortho nitro benzene ring substituents is 1. The van der Waals surface area contributed by atoms with Crippen molar-refractivity contribution in [2.75, 3.05) is 24.6 Å². The van der Waals surface area contributed by atoms with E-state index in [9.17, 15) is 19.3 Å². The predicted octanol–water partition coefficient (Wildman–Crippen LogP) is 1.92. The maximum Gasteiger partial charge on any atom is 0.270 e. The second-order valence-corrected chi connectivity index (χ2v) is 5.05. The topological polar surface area (TPSA) is 63.4 Å². The van der Waals surface area contributed by atoms with Gasteiger partial charge in [-0.3, -0.25) is 14.9 Å². The molecule has 96 valence electrons. The monoisotopic (exact) mass is 270 g/mol. The van der Waals surface area contributed by atoms with E-state index >= 15 is 0 Å². The van der Waals surface area contributed by atoms with E-state index in [1.54, 1.807) is 11.8 Å². The molecule has 0 aromatic heterocycles. The number of nitro benzene ring substituents is 1. The first-order valence-corrected chi connectivity index (χ1v) is 6.56. The van der Waals surface area contributed by atoms with Crippen molar-refractivity contribution in [1.82, 2.24) is 4.90 Å². The minimum atomic E-state index is -0.719. The van der Waals surface area contributed by atoms with Gasteiger partial charge in [-0.1, -0.05) is 0 Å². The maximum absolute atomic E-state index is 13.6. The molecule has 0 spiro atoms. The molecule has 1 amide bonds. The Morgan fingerprint density at radius 1 is 1.39 bits per heavy atom. The third-order valence-corrected chi connectivity index (χ3v) is 3.63. The van der Waals surface area contributed by atoms with Crippen molar-refractivity contribution in [3.63, 3.8) is 0 Å². The zero-order valence-corrected chi connectivity index (χ0v) is 10.3. The number of rotatable bonds is 2. The summed E-state index contributed by atoms with van der Waals surface area (Å²) in [5, 5.41) is 10.6. The van der Waals surface area contributed by atoms with Crippen LogP contribution in [-0.2, 0) is 0 Å². The van der Waals surface area contributed by atoms with Crippen LogP contribution >= 0.6 is 11.8 Å². The molecule has 1 aromatic rings. The molecule has 1 aliphatic rings. The number of thioether (sulfide) groups is 1. The average Bonchev–Trinajstić information content (AvgIpc) is 2.39. The van der Waals surface area contributed by atoms with Crippen LogP contribution in [0.25, 0.3) is 0 Å². The number of nitrogens with zero attached hydrogens (tertiary/aromatic N) is 2. The molecule has 18 heavy (non-hydrogen) atoms. The van der Waals surface area contributed by atoms with Gasteiger partial charge in [-0.2, -0.15) is 11.8 Å². The highest BCUT2D eigenvalue weighted by Gasteiger charge is 2.23. The van der Waals surface area contributed by atoms with Crippen LogP contribution in [0.15, 0.2) is 18.2 Å². The summed E-state index contributed by atoms with van der Waals surface area (Å²) in [7, 11) is 0. The summed E-state index contributed by atoms with van der Waals surface area (Å²) in [4.78, 5) is 23.6. The summed E-state index contributed by atoms with van der Waals surface area (Å²) in [6, 6.07) is 3.02. The Kier molecular flexibility index (Phi) is 3.81. The largest absolute Gasteiger partial charge is 0.337 e. The smallest absolute Gasteiger partial charge is 0.270 e. The Labute approximate surface area is 107 Å². The van der Waals surface area contributed by atoms with E-state index in [4.69, 9.17) is 0 Å². The van der Waals surface area contributed by atoms with Gasteiger partial charge in [0, 0.05) is 36.7 Å². The summed E-state index contributed by atoms with van der Waals surface area (Å²) >= 11 is 1.73. The number of hydrogen-bond acceptors (Lipinski definition) is 4. The number of amides is 1. The number of carbonyl (C=O) groups excluding carboxylic acids is 1. The average molecular weight is 270 g/mol. The molecule has 2 rings (SSSR count). The molecule has 5 nitrogen and oxygen atoms in total. The summed E-state index contributed by atoms with van der Waals surface area (Å²) in [6.45, 7) is 1.09. The number of nitro groups is 1. The van der Waals surface area contributed by atoms with Gasteiger partial charge in [0.25, 0.3) is 11.6 Å². The van der Waals surface area contributed by atoms with Gasteiger partial charge in [0.2, 0.25) is 0 Å². The molecule has 1 saturated heterocycles. The fraction of sp³-hybridized carbons (Fsp3) is 0.364. The van der Waals surface area contributed by atoms with Crippen LogP contribution in [-0.4, -0.2) is 40.3 Å². The zero-order valence-electron chi connectivity index (χ0n) is 9.47. The standard InChI is InChI=1S/C11H11FN2O3S/c12-10-2-1-8(14(16)17)7-9(10)11(15)13-3-5-18-6-4-13/h1-2,7H,3-6H2. The lowest BCUT2D eigenvalue weighted by Gasteiger charge is -2.26. The van der Waals surface area contributed by atoms with Gasteiger partial charge in [0.15, 0.2) is 0 Å². The summed E-state index contributed by atoms with van der Waals surface area (Å²) < 4.78 is 13.6. The molecule has 1 fully saturated rings. The van der Waals surface area contributed by atoms with Crippen LogP contribution < -0.4 is 0 Å². The van der Waals surface area contributed by atoms with Crippen LogP contribution in [0, 0.1) is 15.9 Å². The number of hydrogen-bond donors (Lipinski definition) is 0.